The number of hydrogen-bond donors (Lipinski definition) is 3. The van der Waals surface area contributed by atoms with Crippen LogP contribution in [0.25, 0.3) is 11.3 Å². The fourth-order valence-corrected chi connectivity index (χ4v) is 2.55. The highest BCUT2D eigenvalue weighted by molar-refractivity contribution is 7.98. The van der Waals surface area contributed by atoms with E-state index in [1.165, 1.54) is 18.3 Å². The molecule has 0 aliphatic rings. The van der Waals surface area contributed by atoms with Gasteiger partial charge in [0.2, 0.25) is 0 Å². The smallest absolute Gasteiger partial charge is 0.255 e. The largest absolute Gasteiger partial charge is 0.394 e. The number of aliphatic hydroxyl groups excluding tert-OH is 1. The Kier molecular flexibility index (Phi) is 5.97. The van der Waals surface area contributed by atoms with E-state index in [0.717, 1.165) is 5.75 Å². The Morgan fingerprint density at radius 1 is 1.45 bits per heavy atom. The molecule has 0 spiro atoms. The summed E-state index contributed by atoms with van der Waals surface area (Å²) in [6.07, 6.45) is 4.09. The molecule has 0 aliphatic carbocycles. The van der Waals surface area contributed by atoms with Crippen LogP contribution >= 0.6 is 11.8 Å². The molecule has 7 heteroatoms. The maximum Gasteiger partial charge on any atom is 0.255 e. The normalized spacial score (nSPS) is 12.1. The Hall–Kier alpha value is -1.86. The summed E-state index contributed by atoms with van der Waals surface area (Å²) in [5.74, 6) is 0.196. The van der Waals surface area contributed by atoms with Gasteiger partial charge in [-0.05, 0) is 42.7 Å². The van der Waals surface area contributed by atoms with Gasteiger partial charge in [-0.2, -0.15) is 16.9 Å². The molecule has 0 fully saturated rings. The molecular weight excluding hydrogens is 305 g/mol. The Morgan fingerprint density at radius 2 is 2.18 bits per heavy atom. The molecule has 118 valence electrons. The first-order valence-corrected chi connectivity index (χ1v) is 8.25. The van der Waals surface area contributed by atoms with Crippen molar-refractivity contribution >= 4 is 17.7 Å². The molecule has 0 saturated carbocycles. The van der Waals surface area contributed by atoms with E-state index in [4.69, 9.17) is 0 Å². The molecule has 0 saturated heterocycles. The fourth-order valence-electron chi connectivity index (χ4n) is 2.03. The van der Waals surface area contributed by atoms with Crippen LogP contribution in [0.15, 0.2) is 30.5 Å². The van der Waals surface area contributed by atoms with Crippen LogP contribution in [0.3, 0.4) is 0 Å². The van der Waals surface area contributed by atoms with Crippen molar-refractivity contribution in [3.8, 4) is 11.3 Å². The van der Waals surface area contributed by atoms with Crippen molar-refractivity contribution < 1.29 is 14.3 Å². The second-order valence-electron chi connectivity index (χ2n) is 4.80. The van der Waals surface area contributed by atoms with Crippen molar-refractivity contribution in [1.82, 2.24) is 15.5 Å². The van der Waals surface area contributed by atoms with Gasteiger partial charge in [0.1, 0.15) is 5.82 Å². The number of H-pyrrole nitrogens is 1. The Labute approximate surface area is 132 Å². The van der Waals surface area contributed by atoms with E-state index in [1.807, 2.05) is 6.26 Å². The average molecular weight is 323 g/mol. The monoisotopic (exact) mass is 323 g/mol. The quantitative estimate of drug-likeness (QED) is 0.729. The molecule has 5 nitrogen and oxygen atoms in total. The second-order valence-corrected chi connectivity index (χ2v) is 5.79. The standard InChI is InChI=1S/C15H18FN3O2S/c1-22-7-6-12(9-20)18-15(21)13-8-17-19-14(13)10-2-4-11(16)5-3-10/h2-5,8,12,20H,6-7,9H2,1H3,(H,17,19)(H,18,21)/t12-/m0/s1. The zero-order valence-corrected chi connectivity index (χ0v) is 13.0. The number of hydrogen-bond acceptors (Lipinski definition) is 4. The van der Waals surface area contributed by atoms with Crippen molar-refractivity contribution in [3.05, 3.63) is 41.8 Å². The van der Waals surface area contributed by atoms with Crippen LogP contribution in [-0.2, 0) is 0 Å². The summed E-state index contributed by atoms with van der Waals surface area (Å²) in [4.78, 5) is 12.3. The summed E-state index contributed by atoms with van der Waals surface area (Å²) in [7, 11) is 0. The number of nitrogens with zero attached hydrogens (tertiary/aromatic N) is 1. The van der Waals surface area contributed by atoms with E-state index in [9.17, 15) is 14.3 Å². The first-order chi connectivity index (χ1) is 10.7. The molecule has 0 bridgehead atoms. The van der Waals surface area contributed by atoms with Gasteiger partial charge in [0.15, 0.2) is 0 Å². The number of rotatable bonds is 7. The maximum absolute atomic E-state index is 13.0. The number of amides is 1. The first-order valence-electron chi connectivity index (χ1n) is 6.85. The van der Waals surface area contributed by atoms with E-state index < -0.39 is 0 Å². The summed E-state index contributed by atoms with van der Waals surface area (Å²) in [6, 6.07) is 5.52. The number of carbonyl (C=O) groups is 1. The summed E-state index contributed by atoms with van der Waals surface area (Å²) in [5, 5.41) is 18.8. The number of aromatic nitrogens is 2. The number of halogens is 1. The van der Waals surface area contributed by atoms with E-state index in [-0.39, 0.29) is 24.4 Å². The molecular formula is C15H18FN3O2S. The lowest BCUT2D eigenvalue weighted by molar-refractivity contribution is 0.0916. The molecule has 1 heterocycles. The third kappa shape index (κ3) is 4.08. The highest BCUT2D eigenvalue weighted by Crippen LogP contribution is 2.21. The topological polar surface area (TPSA) is 78.0 Å². The van der Waals surface area contributed by atoms with Crippen molar-refractivity contribution in [2.24, 2.45) is 0 Å². The van der Waals surface area contributed by atoms with Gasteiger partial charge in [-0.3, -0.25) is 9.89 Å². The molecule has 1 amide bonds. The molecule has 0 radical (unpaired) electrons. The van der Waals surface area contributed by atoms with Gasteiger partial charge in [-0.15, -0.1) is 0 Å². The van der Waals surface area contributed by atoms with Crippen molar-refractivity contribution in [1.29, 1.82) is 0 Å². The van der Waals surface area contributed by atoms with Gasteiger partial charge < -0.3 is 10.4 Å². The predicted molar refractivity (Wildman–Crippen MR) is 85.3 cm³/mol. The van der Waals surface area contributed by atoms with Gasteiger partial charge >= 0.3 is 0 Å². The fraction of sp³-hybridized carbons (Fsp3) is 0.333. The Morgan fingerprint density at radius 3 is 2.82 bits per heavy atom. The van der Waals surface area contributed by atoms with Crippen molar-refractivity contribution in [2.45, 2.75) is 12.5 Å². The van der Waals surface area contributed by atoms with Gasteiger partial charge in [0.05, 0.1) is 30.1 Å². The molecule has 1 aromatic carbocycles. The van der Waals surface area contributed by atoms with E-state index in [2.05, 4.69) is 15.5 Å². The lowest BCUT2D eigenvalue weighted by Crippen LogP contribution is -2.38. The molecule has 1 atom stereocenters. The van der Waals surface area contributed by atoms with E-state index >= 15 is 0 Å². The summed E-state index contributed by atoms with van der Waals surface area (Å²) in [6.45, 7) is -0.115. The summed E-state index contributed by atoms with van der Waals surface area (Å²) in [5.41, 5.74) is 1.57. The number of aliphatic hydroxyl groups is 1. The zero-order valence-electron chi connectivity index (χ0n) is 12.2. The van der Waals surface area contributed by atoms with Gasteiger partial charge in [-0.1, -0.05) is 0 Å². The number of thioether (sulfide) groups is 1. The molecule has 2 aromatic rings. The molecule has 0 aliphatic heterocycles. The SMILES string of the molecule is CSCC[C@@H](CO)NC(=O)c1cn[nH]c1-c1ccc(F)cc1. The molecule has 2 rings (SSSR count). The lowest BCUT2D eigenvalue weighted by atomic mass is 10.1. The maximum atomic E-state index is 13.0. The summed E-state index contributed by atoms with van der Waals surface area (Å²) >= 11 is 1.65. The van der Waals surface area contributed by atoms with Crippen LogP contribution < -0.4 is 5.32 Å². The Balaban J connectivity index is 2.14. The van der Waals surface area contributed by atoms with Crippen molar-refractivity contribution in [2.75, 3.05) is 18.6 Å². The second kappa shape index (κ2) is 7.95. The third-order valence-corrected chi connectivity index (χ3v) is 3.89. The van der Waals surface area contributed by atoms with Gasteiger partial charge in [-0.25, -0.2) is 4.39 Å². The van der Waals surface area contributed by atoms with Crippen LogP contribution in [0.2, 0.25) is 0 Å². The molecule has 3 N–H and O–H groups in total. The minimum atomic E-state index is -0.341. The van der Waals surface area contributed by atoms with Crippen LogP contribution in [-0.4, -0.2) is 45.9 Å². The molecule has 22 heavy (non-hydrogen) atoms. The highest BCUT2D eigenvalue weighted by atomic mass is 32.2. The minimum absolute atomic E-state index is 0.115. The highest BCUT2D eigenvalue weighted by Gasteiger charge is 2.18. The summed E-state index contributed by atoms with van der Waals surface area (Å²) < 4.78 is 13.0. The minimum Gasteiger partial charge on any atom is -0.394 e. The van der Waals surface area contributed by atoms with E-state index in [0.29, 0.717) is 23.2 Å². The third-order valence-electron chi connectivity index (χ3n) is 3.24. The lowest BCUT2D eigenvalue weighted by Gasteiger charge is -2.15. The van der Waals surface area contributed by atoms with Crippen LogP contribution in [0, 0.1) is 5.82 Å². The molecule has 1 aromatic heterocycles. The van der Waals surface area contributed by atoms with Gasteiger partial charge in [0, 0.05) is 5.56 Å². The zero-order chi connectivity index (χ0) is 15.9. The van der Waals surface area contributed by atoms with Crippen LogP contribution in [0.1, 0.15) is 16.8 Å². The molecule has 0 unspecified atom stereocenters. The first kappa shape index (κ1) is 16.5. The van der Waals surface area contributed by atoms with Crippen LogP contribution in [0.4, 0.5) is 4.39 Å². The number of aromatic amines is 1. The predicted octanol–water partition coefficient (Wildman–Crippen LogP) is 2.06. The van der Waals surface area contributed by atoms with Crippen LogP contribution in [0.5, 0.6) is 0 Å². The number of benzene rings is 1. The van der Waals surface area contributed by atoms with Gasteiger partial charge in [0.25, 0.3) is 5.91 Å². The number of nitrogens with one attached hydrogen (secondary N) is 2. The Bertz CT molecular complexity index is 616. The number of carbonyl (C=O) groups excluding carboxylic acids is 1. The van der Waals surface area contributed by atoms with Crippen molar-refractivity contribution in [3.63, 3.8) is 0 Å². The van der Waals surface area contributed by atoms with E-state index in [1.54, 1.807) is 23.9 Å². The average Bonchev–Trinajstić information content (AvgIpc) is 3.01.